The van der Waals surface area contributed by atoms with Crippen molar-refractivity contribution in [3.05, 3.63) is 24.2 Å². The van der Waals surface area contributed by atoms with Gasteiger partial charge in [-0.1, -0.05) is 26.2 Å². The molecule has 0 aromatic carbocycles. The zero-order valence-corrected chi connectivity index (χ0v) is 12.8. The number of imidazole rings is 1. The lowest BCUT2D eigenvalue weighted by Crippen LogP contribution is -2.16. The number of aryl methyl sites for hydroxylation is 1. The first-order chi connectivity index (χ1) is 9.78. The van der Waals surface area contributed by atoms with Crippen molar-refractivity contribution in [2.75, 3.05) is 0 Å². The fraction of sp³-hybridized carbons (Fsp3) is 0.625. The van der Waals surface area contributed by atoms with Gasteiger partial charge in [0.2, 0.25) is 0 Å². The predicted octanol–water partition coefficient (Wildman–Crippen LogP) is 4.39. The van der Waals surface area contributed by atoms with Gasteiger partial charge in [-0.05, 0) is 36.8 Å². The molecule has 1 aliphatic rings. The first-order valence-corrected chi connectivity index (χ1v) is 8.17. The highest BCUT2D eigenvalue weighted by molar-refractivity contribution is 6.16. The van der Waals surface area contributed by atoms with Crippen LogP contribution in [0.4, 0.5) is 0 Å². The molecular weight excluding hydrogens is 270 g/mol. The second-order valence-corrected chi connectivity index (χ2v) is 6.35. The summed E-state index contributed by atoms with van der Waals surface area (Å²) in [6, 6.07) is 3.94. The van der Waals surface area contributed by atoms with E-state index < -0.39 is 0 Å². The molecule has 1 saturated carbocycles. The number of hydrogen-bond donors (Lipinski definition) is 0. The fourth-order valence-corrected chi connectivity index (χ4v) is 3.68. The Labute approximate surface area is 125 Å². The molecule has 0 amide bonds. The maximum atomic E-state index is 6.04. The predicted molar refractivity (Wildman–Crippen MR) is 82.8 cm³/mol. The van der Waals surface area contributed by atoms with E-state index >= 15 is 0 Å². The summed E-state index contributed by atoms with van der Waals surface area (Å²) in [5, 5.41) is 0. The lowest BCUT2D eigenvalue weighted by Gasteiger charge is -2.26. The summed E-state index contributed by atoms with van der Waals surface area (Å²) < 4.78 is 2.21. The van der Waals surface area contributed by atoms with Gasteiger partial charge in [0.1, 0.15) is 11.3 Å². The van der Waals surface area contributed by atoms with Crippen LogP contribution in [0.5, 0.6) is 0 Å². The number of rotatable bonds is 4. The molecule has 3 nitrogen and oxygen atoms in total. The minimum atomic E-state index is 0.456. The molecule has 3 rings (SSSR count). The molecule has 1 aliphatic carbocycles. The molecule has 0 N–H and O–H groups in total. The van der Waals surface area contributed by atoms with E-state index in [1.807, 2.05) is 18.3 Å². The normalized spacial score (nSPS) is 23.3. The average Bonchev–Trinajstić information content (AvgIpc) is 2.83. The van der Waals surface area contributed by atoms with E-state index in [0.29, 0.717) is 5.88 Å². The Morgan fingerprint density at radius 1 is 1.40 bits per heavy atom. The smallest absolute Gasteiger partial charge is 0.160 e. The van der Waals surface area contributed by atoms with Crippen LogP contribution in [0.15, 0.2) is 18.3 Å². The van der Waals surface area contributed by atoms with Crippen LogP contribution in [-0.2, 0) is 12.4 Å². The Bertz CT molecular complexity index is 578. The molecule has 0 spiro atoms. The first-order valence-electron chi connectivity index (χ1n) is 7.64. The van der Waals surface area contributed by atoms with Crippen molar-refractivity contribution in [3.8, 4) is 0 Å². The zero-order chi connectivity index (χ0) is 13.9. The summed E-state index contributed by atoms with van der Waals surface area (Å²) in [4.78, 5) is 9.05. The van der Waals surface area contributed by atoms with Gasteiger partial charge in [0, 0.05) is 12.7 Å². The Hall–Kier alpha value is -1.09. The van der Waals surface area contributed by atoms with Crippen molar-refractivity contribution in [1.82, 2.24) is 14.5 Å². The molecule has 0 radical (unpaired) electrons. The summed E-state index contributed by atoms with van der Waals surface area (Å²) >= 11 is 6.04. The van der Waals surface area contributed by atoms with Crippen LogP contribution in [0, 0.1) is 11.8 Å². The molecular formula is C16H22ClN3. The lowest BCUT2D eigenvalue weighted by atomic mass is 9.81. The molecule has 2 atom stereocenters. The quantitative estimate of drug-likeness (QED) is 0.782. The van der Waals surface area contributed by atoms with Crippen LogP contribution in [0.3, 0.4) is 0 Å². The molecule has 0 bridgehead atoms. The molecule has 2 unspecified atom stereocenters. The highest BCUT2D eigenvalue weighted by atomic mass is 35.5. The number of fused-ring (bicyclic) bond motifs is 1. The average molecular weight is 292 g/mol. The third-order valence-corrected chi connectivity index (χ3v) is 4.75. The fourth-order valence-electron chi connectivity index (χ4n) is 3.48. The van der Waals surface area contributed by atoms with Crippen molar-refractivity contribution in [3.63, 3.8) is 0 Å². The van der Waals surface area contributed by atoms with Gasteiger partial charge in [-0.25, -0.2) is 9.97 Å². The van der Waals surface area contributed by atoms with Crippen molar-refractivity contribution in [1.29, 1.82) is 0 Å². The number of aromatic nitrogens is 3. The molecule has 108 valence electrons. The Morgan fingerprint density at radius 3 is 3.10 bits per heavy atom. The van der Waals surface area contributed by atoms with Gasteiger partial charge in [0.15, 0.2) is 5.65 Å². The number of hydrogen-bond acceptors (Lipinski definition) is 2. The largest absolute Gasteiger partial charge is 0.312 e. The van der Waals surface area contributed by atoms with Gasteiger partial charge in [0.05, 0.1) is 5.88 Å². The zero-order valence-electron chi connectivity index (χ0n) is 12.1. The van der Waals surface area contributed by atoms with Crippen molar-refractivity contribution >= 4 is 22.8 Å². The van der Waals surface area contributed by atoms with Gasteiger partial charge in [-0.3, -0.25) is 0 Å². The van der Waals surface area contributed by atoms with Gasteiger partial charge in [-0.2, -0.15) is 0 Å². The van der Waals surface area contributed by atoms with Gasteiger partial charge in [-0.15, -0.1) is 11.6 Å². The molecule has 2 heterocycles. The molecule has 2 aromatic heterocycles. The number of nitrogens with zero attached hydrogens (tertiary/aromatic N) is 3. The Morgan fingerprint density at radius 2 is 2.30 bits per heavy atom. The topological polar surface area (TPSA) is 30.7 Å². The van der Waals surface area contributed by atoms with Crippen LogP contribution < -0.4 is 0 Å². The number of halogens is 1. The minimum absolute atomic E-state index is 0.456. The van der Waals surface area contributed by atoms with E-state index in [2.05, 4.69) is 21.5 Å². The Kier molecular flexibility index (Phi) is 4.25. The van der Waals surface area contributed by atoms with Gasteiger partial charge >= 0.3 is 0 Å². The molecule has 0 aliphatic heterocycles. The van der Waals surface area contributed by atoms with Crippen LogP contribution in [0.25, 0.3) is 11.2 Å². The summed E-state index contributed by atoms with van der Waals surface area (Å²) in [7, 11) is 0. The summed E-state index contributed by atoms with van der Waals surface area (Å²) in [6.07, 6.45) is 8.59. The van der Waals surface area contributed by atoms with Crippen LogP contribution in [-0.4, -0.2) is 14.5 Å². The summed E-state index contributed by atoms with van der Waals surface area (Å²) in [5.41, 5.74) is 1.94. The Balaban J connectivity index is 1.76. The van der Waals surface area contributed by atoms with Crippen LogP contribution in [0.1, 0.15) is 44.9 Å². The monoisotopic (exact) mass is 291 g/mol. The number of pyridine rings is 1. The van der Waals surface area contributed by atoms with E-state index in [-0.39, 0.29) is 0 Å². The summed E-state index contributed by atoms with van der Waals surface area (Å²) in [6.45, 7) is 3.37. The lowest BCUT2D eigenvalue weighted by molar-refractivity contribution is 0.261. The SMILES string of the molecule is CC1CCCC(CCn2c(CCl)nc3cccnc32)C1. The maximum absolute atomic E-state index is 6.04. The van der Waals surface area contributed by atoms with Gasteiger partial charge < -0.3 is 4.57 Å². The molecule has 20 heavy (non-hydrogen) atoms. The van der Waals surface area contributed by atoms with Crippen molar-refractivity contribution in [2.45, 2.75) is 51.5 Å². The highest BCUT2D eigenvalue weighted by Gasteiger charge is 2.19. The molecule has 1 fully saturated rings. The van der Waals surface area contributed by atoms with E-state index in [9.17, 15) is 0 Å². The van der Waals surface area contributed by atoms with Gasteiger partial charge in [0.25, 0.3) is 0 Å². The third-order valence-electron chi connectivity index (χ3n) is 4.51. The number of alkyl halides is 1. The summed E-state index contributed by atoms with van der Waals surface area (Å²) in [5.74, 6) is 3.14. The van der Waals surface area contributed by atoms with Crippen molar-refractivity contribution < 1.29 is 0 Å². The molecule has 0 saturated heterocycles. The second kappa shape index (κ2) is 6.13. The maximum Gasteiger partial charge on any atom is 0.160 e. The molecule has 2 aromatic rings. The second-order valence-electron chi connectivity index (χ2n) is 6.09. The van der Waals surface area contributed by atoms with E-state index in [4.69, 9.17) is 11.6 Å². The molecule has 4 heteroatoms. The van der Waals surface area contributed by atoms with Crippen LogP contribution >= 0.6 is 11.6 Å². The highest BCUT2D eigenvalue weighted by Crippen LogP contribution is 2.31. The van der Waals surface area contributed by atoms with E-state index in [0.717, 1.165) is 35.4 Å². The standard InChI is InChI=1S/C16H22ClN3/c1-12-4-2-5-13(10-12)7-9-20-15(11-17)19-14-6-3-8-18-16(14)20/h3,6,8,12-13H,2,4-5,7,9-11H2,1H3. The van der Waals surface area contributed by atoms with E-state index in [1.54, 1.807) is 0 Å². The third kappa shape index (κ3) is 2.83. The first kappa shape index (κ1) is 13.9. The van der Waals surface area contributed by atoms with Crippen LogP contribution in [0.2, 0.25) is 0 Å². The van der Waals surface area contributed by atoms with E-state index in [1.165, 1.54) is 32.1 Å². The minimum Gasteiger partial charge on any atom is -0.312 e. The van der Waals surface area contributed by atoms with Crippen molar-refractivity contribution in [2.24, 2.45) is 11.8 Å².